The highest BCUT2D eigenvalue weighted by atomic mass is 35.5. The quantitative estimate of drug-likeness (QED) is 0.289. The van der Waals surface area contributed by atoms with Crippen molar-refractivity contribution in [2.75, 3.05) is 7.11 Å². The Morgan fingerprint density at radius 1 is 1.32 bits per heavy atom. The third-order valence-corrected chi connectivity index (χ3v) is 4.81. The van der Waals surface area contributed by atoms with Gasteiger partial charge in [0, 0.05) is 19.2 Å². The average Bonchev–Trinajstić information content (AvgIpc) is 2.64. The second kappa shape index (κ2) is 9.10. The van der Waals surface area contributed by atoms with Gasteiger partial charge in [0.1, 0.15) is 23.0 Å². The zero-order valence-electron chi connectivity index (χ0n) is 16.2. The van der Waals surface area contributed by atoms with Gasteiger partial charge in [0.2, 0.25) is 0 Å². The fraction of sp³-hybridized carbons (Fsp3) is 0.278. The highest BCUT2D eigenvalue weighted by Crippen LogP contribution is 2.32. The molecule has 0 saturated carbocycles. The van der Waals surface area contributed by atoms with Crippen LogP contribution in [-0.4, -0.2) is 33.4 Å². The monoisotopic (exact) mass is 482 g/mol. The van der Waals surface area contributed by atoms with Gasteiger partial charge in [-0.2, -0.15) is 13.2 Å². The lowest BCUT2D eigenvalue weighted by Crippen LogP contribution is -2.28. The highest BCUT2D eigenvalue weighted by Gasteiger charge is 2.34. The molecule has 0 amide bonds. The van der Waals surface area contributed by atoms with Gasteiger partial charge in [-0.1, -0.05) is 11.6 Å². The van der Waals surface area contributed by atoms with Crippen molar-refractivity contribution in [3.05, 3.63) is 61.7 Å². The first-order chi connectivity index (χ1) is 14.3. The van der Waals surface area contributed by atoms with Crippen LogP contribution < -0.4 is 10.3 Å². The van der Waals surface area contributed by atoms with Gasteiger partial charge in [0.15, 0.2) is 10.9 Å². The molecule has 1 aromatic heterocycles. The number of hydrogen-bond acceptors (Lipinski definition) is 5. The molecule has 2 rings (SSSR count). The van der Waals surface area contributed by atoms with E-state index < -0.39 is 45.8 Å². The molecular weight excluding hydrogens is 468 g/mol. The van der Waals surface area contributed by atoms with E-state index in [0.29, 0.717) is 9.13 Å². The van der Waals surface area contributed by atoms with E-state index >= 15 is 0 Å². The molecule has 1 N–H and O–H groups in total. The summed E-state index contributed by atoms with van der Waals surface area (Å²) < 4.78 is 64.8. The fourth-order valence-electron chi connectivity index (χ4n) is 2.61. The van der Waals surface area contributed by atoms with Crippen molar-refractivity contribution in [1.29, 1.82) is 0 Å². The summed E-state index contributed by atoms with van der Waals surface area (Å²) in [7, 11) is 2.19. The van der Waals surface area contributed by atoms with E-state index in [2.05, 4.69) is 0 Å². The number of benzene rings is 1. The van der Waals surface area contributed by atoms with Crippen LogP contribution in [0, 0.1) is 10.6 Å². The first-order valence-electron chi connectivity index (χ1n) is 8.32. The number of hydrogen-bond donors (Lipinski definition) is 1. The van der Waals surface area contributed by atoms with E-state index in [4.69, 9.17) is 38.4 Å². The van der Waals surface area contributed by atoms with E-state index in [1.165, 1.54) is 14.0 Å². The van der Waals surface area contributed by atoms with Gasteiger partial charge >= 0.3 is 12.1 Å². The maximum absolute atomic E-state index is 14.6. The molecule has 31 heavy (non-hydrogen) atoms. The topological polar surface area (TPSA) is 82.7 Å². The molecule has 0 saturated heterocycles. The lowest BCUT2D eigenvalue weighted by Gasteiger charge is -2.20. The Morgan fingerprint density at radius 3 is 2.45 bits per heavy atom. The lowest BCUT2D eigenvalue weighted by molar-refractivity contribution is -0.143. The maximum atomic E-state index is 14.6. The average molecular weight is 483 g/mol. The summed E-state index contributed by atoms with van der Waals surface area (Å²) in [6, 6.07) is 2.03. The van der Waals surface area contributed by atoms with Gasteiger partial charge in [-0.3, -0.25) is 9.36 Å². The Hall–Kier alpha value is -2.86. The van der Waals surface area contributed by atoms with Crippen molar-refractivity contribution in [2.24, 2.45) is 7.05 Å². The predicted molar refractivity (Wildman–Crippen MR) is 105 cm³/mol. The molecule has 7 nitrogen and oxygen atoms in total. The van der Waals surface area contributed by atoms with E-state index in [1.54, 1.807) is 0 Å². The van der Waals surface area contributed by atoms with E-state index in [9.17, 15) is 27.2 Å². The number of carboxylic acid groups (broad SMARTS) is 1. The molecule has 168 valence electrons. The number of carboxylic acids is 1. The summed E-state index contributed by atoms with van der Waals surface area (Å²) >= 11 is 10.9. The molecule has 0 aliphatic rings. The van der Waals surface area contributed by atoms with Gasteiger partial charge in [0.25, 0.3) is 5.56 Å². The third-order valence-electron chi connectivity index (χ3n) is 4.06. The van der Waals surface area contributed by atoms with Crippen LogP contribution in [0.1, 0.15) is 12.6 Å². The van der Waals surface area contributed by atoms with Crippen LogP contribution >= 0.6 is 23.8 Å². The van der Waals surface area contributed by atoms with Crippen LogP contribution in [0.4, 0.5) is 17.6 Å². The lowest BCUT2D eigenvalue weighted by atomic mass is 10.2. The zero-order chi connectivity index (χ0) is 23.7. The Labute approximate surface area is 182 Å². The van der Waals surface area contributed by atoms with Gasteiger partial charge in [-0.05, 0) is 25.2 Å². The normalized spacial score (nSPS) is 13.1. The van der Waals surface area contributed by atoms with Crippen molar-refractivity contribution in [1.82, 2.24) is 9.13 Å². The number of halogens is 5. The maximum Gasteiger partial charge on any atom is 0.431 e. The number of alkyl halides is 3. The van der Waals surface area contributed by atoms with Gasteiger partial charge in [0.05, 0.1) is 23.9 Å². The van der Waals surface area contributed by atoms with E-state index in [0.717, 1.165) is 25.3 Å². The summed E-state index contributed by atoms with van der Waals surface area (Å²) in [5.41, 5.74) is -3.03. The minimum Gasteiger partial charge on any atom is -0.497 e. The number of ether oxygens (including phenoxy) is 2. The molecule has 0 aliphatic heterocycles. The highest BCUT2D eigenvalue weighted by molar-refractivity contribution is 7.71. The summed E-state index contributed by atoms with van der Waals surface area (Å²) in [4.78, 5) is 23.2. The number of rotatable bonds is 6. The van der Waals surface area contributed by atoms with Crippen LogP contribution in [0.5, 0.6) is 5.75 Å². The molecular formula is C18H15ClF4N2O5S. The molecule has 0 radical (unpaired) electrons. The summed E-state index contributed by atoms with van der Waals surface area (Å²) in [6.07, 6.45) is -5.11. The SMILES string of the molecule is CO/C(=C\C(=O)O)C(C)Oc1cc(-n2c(=O)cc(C(F)(F)F)n(C)c2=S)c(F)cc1Cl. The molecule has 1 unspecified atom stereocenters. The molecule has 13 heteroatoms. The minimum atomic E-state index is -4.85. The smallest absolute Gasteiger partial charge is 0.431 e. The molecule has 0 aliphatic carbocycles. The summed E-state index contributed by atoms with van der Waals surface area (Å²) in [5, 5.41) is 8.62. The second-order valence-electron chi connectivity index (χ2n) is 6.13. The van der Waals surface area contributed by atoms with Crippen molar-refractivity contribution in [2.45, 2.75) is 19.2 Å². The van der Waals surface area contributed by atoms with Crippen molar-refractivity contribution < 1.29 is 36.9 Å². The van der Waals surface area contributed by atoms with Crippen LogP contribution in [0.3, 0.4) is 0 Å². The predicted octanol–water partition coefficient (Wildman–Crippen LogP) is 4.10. The number of aromatic nitrogens is 2. The number of methoxy groups -OCH3 is 1. The first kappa shape index (κ1) is 24.4. The molecule has 2 aromatic rings. The van der Waals surface area contributed by atoms with Crippen LogP contribution in [0.2, 0.25) is 5.02 Å². The zero-order valence-corrected chi connectivity index (χ0v) is 17.7. The third kappa shape index (κ3) is 5.25. The summed E-state index contributed by atoms with van der Waals surface area (Å²) in [5.74, 6) is -2.65. The molecule has 0 fully saturated rings. The Kier molecular flexibility index (Phi) is 7.17. The summed E-state index contributed by atoms with van der Waals surface area (Å²) in [6.45, 7) is 1.42. The minimum absolute atomic E-state index is 0.100. The van der Waals surface area contributed by atoms with Gasteiger partial charge in [-0.15, -0.1) is 0 Å². The first-order valence-corrected chi connectivity index (χ1v) is 9.11. The number of nitrogens with zero attached hydrogens (tertiary/aromatic N) is 2. The van der Waals surface area contributed by atoms with Crippen LogP contribution in [0.15, 0.2) is 34.8 Å². The Balaban J connectivity index is 2.64. The Bertz CT molecular complexity index is 1170. The van der Waals surface area contributed by atoms with E-state index in [1.807, 2.05) is 0 Å². The van der Waals surface area contributed by atoms with Crippen molar-refractivity contribution in [3.8, 4) is 11.4 Å². The Morgan fingerprint density at radius 2 is 1.94 bits per heavy atom. The van der Waals surface area contributed by atoms with Crippen molar-refractivity contribution >= 4 is 29.8 Å². The van der Waals surface area contributed by atoms with E-state index in [-0.39, 0.29) is 22.6 Å². The van der Waals surface area contributed by atoms with Crippen molar-refractivity contribution in [3.63, 3.8) is 0 Å². The molecule has 0 bridgehead atoms. The van der Waals surface area contributed by atoms with Crippen LogP contribution in [-0.2, 0) is 22.8 Å². The fourth-order valence-corrected chi connectivity index (χ4v) is 3.09. The van der Waals surface area contributed by atoms with Crippen LogP contribution in [0.25, 0.3) is 5.69 Å². The number of carbonyl (C=O) groups is 1. The molecule has 0 spiro atoms. The molecule has 1 aromatic carbocycles. The van der Waals surface area contributed by atoms with Gasteiger partial charge in [-0.25, -0.2) is 9.18 Å². The molecule has 1 heterocycles. The second-order valence-corrected chi connectivity index (χ2v) is 6.90. The number of aliphatic carboxylic acids is 1. The van der Waals surface area contributed by atoms with Gasteiger partial charge < -0.3 is 19.1 Å². The largest absolute Gasteiger partial charge is 0.497 e. The standard InChI is InChI=1S/C18H15ClF4N2O5S/c1-8(12(29-3)6-16(27)28)30-13-5-11(10(20)4-9(13)19)25-15(26)7-14(18(21,22)23)24(2)17(25)31/h4-8H,1-3H3,(H,27,28)/b12-6-. The molecule has 1 atom stereocenters.